The summed E-state index contributed by atoms with van der Waals surface area (Å²) in [6.07, 6.45) is 3.05. The molecule has 0 amide bonds. The molecular formula is C14H17BrO2. The third-order valence-electron chi connectivity index (χ3n) is 2.11. The van der Waals surface area contributed by atoms with Crippen molar-refractivity contribution in [3.8, 4) is 0 Å². The zero-order chi connectivity index (χ0) is 12.5. The Morgan fingerprint density at radius 1 is 1.06 bits per heavy atom. The Kier molecular flexibility index (Phi) is 6.86. The average molecular weight is 297 g/mol. The van der Waals surface area contributed by atoms with Gasteiger partial charge in [-0.25, -0.2) is 0 Å². The number of ether oxygens (including phenoxy) is 2. The van der Waals surface area contributed by atoms with E-state index in [0.29, 0.717) is 13.2 Å². The van der Waals surface area contributed by atoms with E-state index >= 15 is 0 Å². The van der Waals surface area contributed by atoms with Crippen LogP contribution in [0.15, 0.2) is 55.6 Å². The maximum atomic E-state index is 5.57. The molecule has 1 rings (SSSR count). The SMILES string of the molecule is C=CCOC(OCC=C)C(Br)c1ccccc1. The molecule has 0 aliphatic carbocycles. The van der Waals surface area contributed by atoms with E-state index in [1.807, 2.05) is 30.3 Å². The van der Waals surface area contributed by atoms with Gasteiger partial charge in [0.15, 0.2) is 6.29 Å². The molecule has 0 N–H and O–H groups in total. The van der Waals surface area contributed by atoms with Crippen molar-refractivity contribution in [2.75, 3.05) is 13.2 Å². The number of benzene rings is 1. The normalized spacial score (nSPS) is 12.4. The number of alkyl halides is 1. The molecule has 0 saturated heterocycles. The van der Waals surface area contributed by atoms with Crippen LogP contribution in [0.3, 0.4) is 0 Å². The fourth-order valence-corrected chi connectivity index (χ4v) is 1.95. The monoisotopic (exact) mass is 296 g/mol. The van der Waals surface area contributed by atoms with Crippen molar-refractivity contribution < 1.29 is 9.47 Å². The van der Waals surface area contributed by atoms with Crippen LogP contribution in [0.4, 0.5) is 0 Å². The van der Waals surface area contributed by atoms with Crippen LogP contribution in [-0.2, 0) is 9.47 Å². The molecule has 92 valence electrons. The second-order valence-electron chi connectivity index (χ2n) is 3.42. The van der Waals surface area contributed by atoms with Crippen LogP contribution in [0.2, 0.25) is 0 Å². The van der Waals surface area contributed by atoms with E-state index in [-0.39, 0.29) is 11.1 Å². The number of hydrogen-bond donors (Lipinski definition) is 0. The molecule has 0 bridgehead atoms. The summed E-state index contributed by atoms with van der Waals surface area (Å²) in [5.41, 5.74) is 1.12. The Morgan fingerprint density at radius 3 is 2.06 bits per heavy atom. The topological polar surface area (TPSA) is 18.5 Å². The van der Waals surface area contributed by atoms with Crippen molar-refractivity contribution >= 4 is 15.9 Å². The van der Waals surface area contributed by atoms with E-state index < -0.39 is 0 Å². The molecule has 1 unspecified atom stereocenters. The maximum absolute atomic E-state index is 5.57. The highest BCUT2D eigenvalue weighted by Gasteiger charge is 2.21. The molecule has 0 aliphatic rings. The van der Waals surface area contributed by atoms with E-state index in [1.165, 1.54) is 0 Å². The lowest BCUT2D eigenvalue weighted by Gasteiger charge is -2.22. The van der Waals surface area contributed by atoms with Gasteiger partial charge in [-0.2, -0.15) is 0 Å². The van der Waals surface area contributed by atoms with Gasteiger partial charge in [0, 0.05) is 0 Å². The summed E-state index contributed by atoms with van der Waals surface area (Å²) >= 11 is 3.59. The summed E-state index contributed by atoms with van der Waals surface area (Å²) in [6, 6.07) is 10.0. The Hall–Kier alpha value is -0.900. The Labute approximate surface area is 111 Å². The van der Waals surface area contributed by atoms with E-state index in [2.05, 4.69) is 29.1 Å². The zero-order valence-corrected chi connectivity index (χ0v) is 11.3. The smallest absolute Gasteiger partial charge is 0.174 e. The minimum Gasteiger partial charge on any atom is -0.347 e. The molecule has 0 aromatic heterocycles. The van der Waals surface area contributed by atoms with E-state index in [0.717, 1.165) is 5.56 Å². The summed E-state index contributed by atoms with van der Waals surface area (Å²) in [5, 5.41) is 0. The van der Waals surface area contributed by atoms with Gasteiger partial charge >= 0.3 is 0 Å². The minimum absolute atomic E-state index is 0.0106. The van der Waals surface area contributed by atoms with Crippen molar-refractivity contribution in [1.29, 1.82) is 0 Å². The van der Waals surface area contributed by atoms with Gasteiger partial charge in [0.05, 0.1) is 18.0 Å². The van der Waals surface area contributed by atoms with Crippen molar-refractivity contribution in [2.45, 2.75) is 11.1 Å². The predicted molar refractivity (Wildman–Crippen MR) is 74.2 cm³/mol. The Morgan fingerprint density at radius 2 is 1.59 bits per heavy atom. The van der Waals surface area contributed by atoms with Gasteiger partial charge in [0.25, 0.3) is 0 Å². The molecule has 1 aromatic carbocycles. The summed E-state index contributed by atoms with van der Waals surface area (Å²) in [6.45, 7) is 8.17. The first-order valence-corrected chi connectivity index (χ1v) is 6.35. The number of halogens is 1. The van der Waals surface area contributed by atoms with Crippen LogP contribution in [-0.4, -0.2) is 19.5 Å². The van der Waals surface area contributed by atoms with E-state index in [9.17, 15) is 0 Å². The minimum atomic E-state index is -0.353. The molecule has 1 aromatic rings. The molecular weight excluding hydrogens is 280 g/mol. The Balaban J connectivity index is 2.67. The maximum Gasteiger partial charge on any atom is 0.174 e. The molecule has 0 heterocycles. The fraction of sp³-hybridized carbons (Fsp3) is 0.286. The molecule has 1 atom stereocenters. The van der Waals surface area contributed by atoms with Gasteiger partial charge in [0.2, 0.25) is 0 Å². The number of rotatable bonds is 8. The van der Waals surface area contributed by atoms with Crippen molar-refractivity contribution in [3.63, 3.8) is 0 Å². The summed E-state index contributed by atoms with van der Waals surface area (Å²) in [4.78, 5) is -0.0106. The molecule has 17 heavy (non-hydrogen) atoms. The third-order valence-corrected chi connectivity index (χ3v) is 3.07. The van der Waals surface area contributed by atoms with Crippen molar-refractivity contribution in [2.24, 2.45) is 0 Å². The zero-order valence-electron chi connectivity index (χ0n) is 9.72. The molecule has 3 heteroatoms. The standard InChI is InChI=1S/C14H17BrO2/c1-3-10-16-14(17-11-4-2)13(15)12-8-6-5-7-9-12/h3-9,13-14H,1-2,10-11H2. The molecule has 0 aliphatic heterocycles. The van der Waals surface area contributed by atoms with Crippen LogP contribution in [0.25, 0.3) is 0 Å². The molecule has 0 saturated carbocycles. The Bertz CT molecular complexity index is 325. The van der Waals surface area contributed by atoms with Crippen molar-refractivity contribution in [1.82, 2.24) is 0 Å². The molecule has 0 spiro atoms. The largest absolute Gasteiger partial charge is 0.347 e. The van der Waals surface area contributed by atoms with E-state index in [4.69, 9.17) is 9.47 Å². The highest BCUT2D eigenvalue weighted by molar-refractivity contribution is 9.09. The molecule has 0 fully saturated rings. The quantitative estimate of drug-likeness (QED) is 0.412. The predicted octanol–water partition coefficient (Wildman–Crippen LogP) is 3.85. The lowest BCUT2D eigenvalue weighted by molar-refractivity contribution is -0.126. The van der Waals surface area contributed by atoms with Crippen LogP contribution in [0.5, 0.6) is 0 Å². The van der Waals surface area contributed by atoms with Crippen LogP contribution >= 0.6 is 15.9 Å². The van der Waals surface area contributed by atoms with Crippen LogP contribution < -0.4 is 0 Å². The van der Waals surface area contributed by atoms with Crippen LogP contribution in [0.1, 0.15) is 10.4 Å². The van der Waals surface area contributed by atoms with Gasteiger partial charge in [0.1, 0.15) is 0 Å². The highest BCUT2D eigenvalue weighted by Crippen LogP contribution is 2.29. The molecule has 2 nitrogen and oxygen atoms in total. The third kappa shape index (κ3) is 4.86. The first kappa shape index (κ1) is 14.2. The van der Waals surface area contributed by atoms with Gasteiger partial charge in [-0.15, -0.1) is 13.2 Å². The van der Waals surface area contributed by atoms with Gasteiger partial charge in [-0.1, -0.05) is 58.4 Å². The first-order valence-electron chi connectivity index (χ1n) is 5.43. The highest BCUT2D eigenvalue weighted by atomic mass is 79.9. The van der Waals surface area contributed by atoms with Gasteiger partial charge in [-0.3, -0.25) is 0 Å². The average Bonchev–Trinajstić information content (AvgIpc) is 2.39. The lowest BCUT2D eigenvalue weighted by atomic mass is 10.1. The first-order chi connectivity index (χ1) is 8.29. The molecule has 0 radical (unpaired) electrons. The van der Waals surface area contributed by atoms with Crippen LogP contribution in [0, 0.1) is 0 Å². The summed E-state index contributed by atoms with van der Waals surface area (Å²) in [7, 11) is 0. The second-order valence-corrected chi connectivity index (χ2v) is 4.41. The second kappa shape index (κ2) is 8.23. The fourth-order valence-electron chi connectivity index (χ4n) is 1.34. The summed E-state index contributed by atoms with van der Waals surface area (Å²) in [5.74, 6) is 0. The van der Waals surface area contributed by atoms with Gasteiger partial charge in [-0.05, 0) is 5.56 Å². The lowest BCUT2D eigenvalue weighted by Crippen LogP contribution is -2.22. The number of hydrogen-bond acceptors (Lipinski definition) is 2. The van der Waals surface area contributed by atoms with Gasteiger partial charge < -0.3 is 9.47 Å². The summed E-state index contributed by atoms with van der Waals surface area (Å²) < 4.78 is 11.1. The van der Waals surface area contributed by atoms with Crippen molar-refractivity contribution in [3.05, 3.63) is 61.2 Å². The van der Waals surface area contributed by atoms with E-state index in [1.54, 1.807) is 12.2 Å².